The summed E-state index contributed by atoms with van der Waals surface area (Å²) in [4.78, 5) is 2.33. The minimum absolute atomic E-state index is 0.250. The molecule has 0 aromatic rings. The molecule has 1 aliphatic rings. The second-order valence-electron chi connectivity index (χ2n) is 7.18. The molecule has 3 nitrogen and oxygen atoms in total. The summed E-state index contributed by atoms with van der Waals surface area (Å²) in [6.45, 7) is 11.4. The molecule has 2 N–H and O–H groups in total. The lowest BCUT2D eigenvalue weighted by Gasteiger charge is -2.44. The molecule has 0 saturated heterocycles. The van der Waals surface area contributed by atoms with Gasteiger partial charge in [-0.2, -0.15) is 0 Å². The number of aliphatic hydroxyl groups is 1. The highest BCUT2D eigenvalue weighted by Crippen LogP contribution is 2.39. The van der Waals surface area contributed by atoms with Gasteiger partial charge in [0.2, 0.25) is 0 Å². The lowest BCUT2D eigenvalue weighted by molar-refractivity contribution is 0.0584. The van der Waals surface area contributed by atoms with Gasteiger partial charge in [-0.3, -0.25) is 0 Å². The summed E-state index contributed by atoms with van der Waals surface area (Å²) >= 11 is 0. The highest BCUT2D eigenvalue weighted by atomic mass is 16.3. The molecule has 0 amide bonds. The topological polar surface area (TPSA) is 35.5 Å². The lowest BCUT2D eigenvalue weighted by atomic mass is 9.69. The van der Waals surface area contributed by atoms with Crippen LogP contribution in [0.25, 0.3) is 0 Å². The Balaban J connectivity index is 2.67. The van der Waals surface area contributed by atoms with Crippen molar-refractivity contribution in [1.29, 1.82) is 0 Å². The van der Waals surface area contributed by atoms with Crippen LogP contribution in [0, 0.1) is 11.3 Å². The third-order valence-electron chi connectivity index (χ3n) is 4.67. The molecule has 1 rings (SSSR count). The standard InChI is InChI=1S/C16H34N2O/c1-13(2)17-11-16(8-6-7-14(3)9-16)12-18(5)15(4)10-19/h13-15,17,19H,6-12H2,1-5H3. The maximum absolute atomic E-state index is 9.33. The molecule has 3 heteroatoms. The molecule has 1 aliphatic carbocycles. The third-order valence-corrected chi connectivity index (χ3v) is 4.67. The van der Waals surface area contributed by atoms with E-state index in [0.717, 1.165) is 19.0 Å². The van der Waals surface area contributed by atoms with Crippen LogP contribution in [-0.2, 0) is 0 Å². The van der Waals surface area contributed by atoms with Gasteiger partial charge in [-0.25, -0.2) is 0 Å². The van der Waals surface area contributed by atoms with Crippen LogP contribution in [0.15, 0.2) is 0 Å². The molecule has 0 bridgehead atoms. The van der Waals surface area contributed by atoms with Gasteiger partial charge in [-0.1, -0.05) is 33.6 Å². The normalized spacial score (nSPS) is 30.0. The van der Waals surface area contributed by atoms with Crippen molar-refractivity contribution < 1.29 is 5.11 Å². The first-order valence-electron chi connectivity index (χ1n) is 7.93. The van der Waals surface area contributed by atoms with Crippen molar-refractivity contribution in [2.45, 2.75) is 65.5 Å². The van der Waals surface area contributed by atoms with Crippen molar-refractivity contribution in [3.8, 4) is 0 Å². The Kier molecular flexibility index (Phi) is 6.78. The first-order chi connectivity index (χ1) is 8.88. The van der Waals surface area contributed by atoms with E-state index in [9.17, 15) is 5.11 Å². The summed E-state index contributed by atoms with van der Waals surface area (Å²) in [5.41, 5.74) is 0.389. The van der Waals surface area contributed by atoms with Crippen LogP contribution in [0.5, 0.6) is 0 Å². The van der Waals surface area contributed by atoms with Crippen LogP contribution >= 0.6 is 0 Å². The number of likely N-dealkylation sites (N-methyl/N-ethyl adjacent to an activating group) is 1. The molecule has 1 fully saturated rings. The van der Waals surface area contributed by atoms with Gasteiger partial charge in [0.05, 0.1) is 6.61 Å². The highest BCUT2D eigenvalue weighted by molar-refractivity contribution is 4.90. The minimum atomic E-state index is 0.250. The molecular formula is C16H34N2O. The zero-order valence-corrected chi connectivity index (χ0v) is 13.6. The van der Waals surface area contributed by atoms with Gasteiger partial charge < -0.3 is 15.3 Å². The van der Waals surface area contributed by atoms with Crippen LogP contribution in [-0.4, -0.2) is 48.8 Å². The quantitative estimate of drug-likeness (QED) is 0.746. The smallest absolute Gasteiger partial charge is 0.0584 e. The molecule has 0 spiro atoms. The van der Waals surface area contributed by atoms with Crippen LogP contribution < -0.4 is 5.32 Å². The Labute approximate surface area is 119 Å². The molecule has 114 valence electrons. The molecule has 19 heavy (non-hydrogen) atoms. The highest BCUT2D eigenvalue weighted by Gasteiger charge is 2.36. The maximum Gasteiger partial charge on any atom is 0.0584 e. The second-order valence-corrected chi connectivity index (χ2v) is 7.18. The fourth-order valence-electron chi connectivity index (χ4n) is 3.37. The Hall–Kier alpha value is -0.120. The van der Waals surface area contributed by atoms with E-state index in [2.05, 4.69) is 45.0 Å². The van der Waals surface area contributed by atoms with Gasteiger partial charge in [-0.15, -0.1) is 0 Å². The molecular weight excluding hydrogens is 236 g/mol. The van der Waals surface area contributed by atoms with E-state index in [1.807, 2.05) is 0 Å². The van der Waals surface area contributed by atoms with Gasteiger partial charge >= 0.3 is 0 Å². The molecule has 3 unspecified atom stereocenters. The Morgan fingerprint density at radius 3 is 2.58 bits per heavy atom. The van der Waals surface area contributed by atoms with E-state index in [0.29, 0.717) is 11.5 Å². The van der Waals surface area contributed by atoms with Gasteiger partial charge in [0.1, 0.15) is 0 Å². The first-order valence-corrected chi connectivity index (χ1v) is 7.93. The van der Waals surface area contributed by atoms with Crippen molar-refractivity contribution >= 4 is 0 Å². The zero-order chi connectivity index (χ0) is 14.5. The van der Waals surface area contributed by atoms with E-state index in [1.54, 1.807) is 0 Å². The average molecular weight is 270 g/mol. The van der Waals surface area contributed by atoms with Gasteiger partial charge in [-0.05, 0) is 38.1 Å². The summed E-state index contributed by atoms with van der Waals surface area (Å²) in [5, 5.41) is 13.0. The van der Waals surface area contributed by atoms with Gasteiger partial charge in [0, 0.05) is 25.2 Å². The van der Waals surface area contributed by atoms with Crippen LogP contribution in [0.1, 0.15) is 53.4 Å². The van der Waals surface area contributed by atoms with Crippen LogP contribution in [0.3, 0.4) is 0 Å². The molecule has 0 radical (unpaired) electrons. The van der Waals surface area contributed by atoms with Crippen molar-refractivity contribution in [1.82, 2.24) is 10.2 Å². The van der Waals surface area contributed by atoms with Crippen molar-refractivity contribution in [3.63, 3.8) is 0 Å². The largest absolute Gasteiger partial charge is 0.395 e. The predicted molar refractivity (Wildman–Crippen MR) is 82.4 cm³/mol. The van der Waals surface area contributed by atoms with Crippen LogP contribution in [0.4, 0.5) is 0 Å². The van der Waals surface area contributed by atoms with Crippen molar-refractivity contribution in [3.05, 3.63) is 0 Å². The maximum atomic E-state index is 9.33. The summed E-state index contributed by atoms with van der Waals surface area (Å²) in [5.74, 6) is 0.834. The molecule has 0 aromatic carbocycles. The SMILES string of the molecule is CC1CCCC(CNC(C)C)(CN(C)C(C)CO)C1. The molecule has 0 aliphatic heterocycles. The van der Waals surface area contributed by atoms with Crippen molar-refractivity contribution in [2.24, 2.45) is 11.3 Å². The van der Waals surface area contributed by atoms with Gasteiger partial charge in [0.15, 0.2) is 0 Å². The van der Waals surface area contributed by atoms with E-state index >= 15 is 0 Å². The Morgan fingerprint density at radius 1 is 1.37 bits per heavy atom. The predicted octanol–water partition coefficient (Wildman–Crippen LogP) is 2.49. The van der Waals surface area contributed by atoms with Crippen molar-refractivity contribution in [2.75, 3.05) is 26.7 Å². The minimum Gasteiger partial charge on any atom is -0.395 e. The fraction of sp³-hybridized carbons (Fsp3) is 1.00. The van der Waals surface area contributed by atoms with Crippen LogP contribution in [0.2, 0.25) is 0 Å². The van der Waals surface area contributed by atoms with Gasteiger partial charge in [0.25, 0.3) is 0 Å². The molecule has 1 saturated carbocycles. The molecule has 3 atom stereocenters. The lowest BCUT2D eigenvalue weighted by Crippen LogP contribution is -2.49. The monoisotopic (exact) mass is 270 g/mol. The third kappa shape index (κ3) is 5.41. The number of rotatable bonds is 7. The first kappa shape index (κ1) is 16.9. The Morgan fingerprint density at radius 2 is 2.05 bits per heavy atom. The summed E-state index contributed by atoms with van der Waals surface area (Å²) in [6.07, 6.45) is 5.36. The summed E-state index contributed by atoms with van der Waals surface area (Å²) in [6, 6.07) is 0.808. The van der Waals surface area contributed by atoms with E-state index < -0.39 is 0 Å². The summed E-state index contributed by atoms with van der Waals surface area (Å²) < 4.78 is 0. The second kappa shape index (κ2) is 7.61. The molecule has 0 aromatic heterocycles. The van der Waals surface area contributed by atoms with E-state index in [1.165, 1.54) is 25.7 Å². The number of hydrogen-bond donors (Lipinski definition) is 2. The van der Waals surface area contributed by atoms with E-state index in [4.69, 9.17) is 0 Å². The van der Waals surface area contributed by atoms with E-state index in [-0.39, 0.29) is 12.6 Å². The summed E-state index contributed by atoms with van der Waals surface area (Å²) in [7, 11) is 2.15. The number of hydrogen-bond acceptors (Lipinski definition) is 3. The number of aliphatic hydroxyl groups excluding tert-OH is 1. The zero-order valence-electron chi connectivity index (χ0n) is 13.6. The number of nitrogens with one attached hydrogen (secondary N) is 1. The number of nitrogens with zero attached hydrogens (tertiary/aromatic N) is 1. The molecule has 0 heterocycles. The Bertz CT molecular complexity index is 257. The fourth-order valence-corrected chi connectivity index (χ4v) is 3.37. The average Bonchev–Trinajstić information content (AvgIpc) is 2.35.